The van der Waals surface area contributed by atoms with Crippen LogP contribution in [0, 0.1) is 0 Å². The molecule has 1 saturated carbocycles. The van der Waals surface area contributed by atoms with Gasteiger partial charge in [-0.05, 0) is 42.5 Å². The summed E-state index contributed by atoms with van der Waals surface area (Å²) in [6, 6.07) is 2.17. The molecule has 130 valence electrons. The highest BCUT2D eigenvalue weighted by Crippen LogP contribution is 2.46. The molecule has 0 spiro atoms. The fraction of sp³-hybridized carbons (Fsp3) is 0.353. The summed E-state index contributed by atoms with van der Waals surface area (Å²) < 4.78 is 41.0. The van der Waals surface area contributed by atoms with Crippen LogP contribution in [0.25, 0.3) is 0 Å². The Kier molecular flexibility index (Phi) is 3.63. The van der Waals surface area contributed by atoms with E-state index in [9.17, 15) is 18.0 Å². The first kappa shape index (κ1) is 15.9. The van der Waals surface area contributed by atoms with Gasteiger partial charge in [-0.15, -0.1) is 0 Å². The molecule has 1 aliphatic heterocycles. The third-order valence-corrected chi connectivity index (χ3v) is 4.57. The van der Waals surface area contributed by atoms with Gasteiger partial charge in [0.15, 0.2) is 6.04 Å². The second-order valence-electron chi connectivity index (χ2n) is 6.23. The first-order valence-electron chi connectivity index (χ1n) is 7.98. The molecule has 5 nitrogen and oxygen atoms in total. The van der Waals surface area contributed by atoms with Crippen molar-refractivity contribution >= 4 is 17.4 Å². The molecule has 8 heteroatoms. The fourth-order valence-electron chi connectivity index (χ4n) is 3.19. The average molecular weight is 348 g/mol. The number of amides is 2. The van der Waals surface area contributed by atoms with Crippen molar-refractivity contribution in [3.63, 3.8) is 0 Å². The monoisotopic (exact) mass is 348 g/mol. The van der Waals surface area contributed by atoms with Crippen molar-refractivity contribution in [1.82, 2.24) is 9.97 Å². The molecule has 0 N–H and O–H groups in total. The van der Waals surface area contributed by atoms with Crippen molar-refractivity contribution in [2.45, 2.75) is 31.0 Å². The lowest BCUT2D eigenvalue weighted by molar-refractivity contribution is -0.142. The number of hydrogen-bond donors (Lipinski definition) is 0. The van der Waals surface area contributed by atoms with E-state index in [1.165, 1.54) is 30.7 Å². The molecule has 2 amide bonds. The molecule has 2 aliphatic rings. The molecule has 0 radical (unpaired) electrons. The maximum Gasteiger partial charge on any atom is 0.411 e. The summed E-state index contributed by atoms with van der Waals surface area (Å²) in [5.74, 6) is 0.203. The summed E-state index contributed by atoms with van der Waals surface area (Å²) in [5, 5.41) is 0. The van der Waals surface area contributed by atoms with Crippen molar-refractivity contribution in [1.29, 1.82) is 0 Å². The highest BCUT2D eigenvalue weighted by Gasteiger charge is 2.54. The Morgan fingerprint density at radius 2 is 1.72 bits per heavy atom. The number of nitrogens with zero attached hydrogens (tertiary/aromatic N) is 4. The van der Waals surface area contributed by atoms with Crippen molar-refractivity contribution in [2.24, 2.45) is 0 Å². The van der Waals surface area contributed by atoms with Crippen LogP contribution in [0.15, 0.2) is 43.0 Å². The van der Waals surface area contributed by atoms with Gasteiger partial charge in [0.1, 0.15) is 0 Å². The molecule has 0 bridgehead atoms. The third-order valence-electron chi connectivity index (χ3n) is 4.57. The highest BCUT2D eigenvalue weighted by atomic mass is 19.4. The predicted molar refractivity (Wildman–Crippen MR) is 85.5 cm³/mol. The van der Waals surface area contributed by atoms with Crippen LogP contribution in [-0.4, -0.2) is 34.8 Å². The largest absolute Gasteiger partial charge is 0.411 e. The van der Waals surface area contributed by atoms with Crippen molar-refractivity contribution in [2.75, 3.05) is 16.3 Å². The van der Waals surface area contributed by atoms with E-state index in [2.05, 4.69) is 9.97 Å². The molecule has 2 fully saturated rings. The number of urea groups is 1. The number of halogens is 3. The zero-order valence-electron chi connectivity index (χ0n) is 13.1. The second kappa shape index (κ2) is 5.72. The first-order valence-corrected chi connectivity index (χ1v) is 7.98. The van der Waals surface area contributed by atoms with Crippen LogP contribution in [0.3, 0.4) is 0 Å². The van der Waals surface area contributed by atoms with Gasteiger partial charge in [-0.25, -0.2) is 4.79 Å². The quantitative estimate of drug-likeness (QED) is 0.849. The lowest BCUT2D eigenvalue weighted by Gasteiger charge is -2.26. The minimum absolute atomic E-state index is 0.203. The summed E-state index contributed by atoms with van der Waals surface area (Å²) in [4.78, 5) is 22.7. The molecule has 1 saturated heterocycles. The van der Waals surface area contributed by atoms with Gasteiger partial charge in [0.05, 0.1) is 18.4 Å². The molecule has 2 aromatic heterocycles. The number of pyridine rings is 2. The number of carbonyl (C=O) groups excluding carboxylic acids is 1. The molecular weight excluding hydrogens is 333 g/mol. The normalized spacial score (nSPS) is 21.1. The number of alkyl halides is 3. The zero-order chi connectivity index (χ0) is 17.6. The summed E-state index contributed by atoms with van der Waals surface area (Å²) in [5.41, 5.74) is 1.41. The summed E-state index contributed by atoms with van der Waals surface area (Å²) in [6.45, 7) is -0.453. The Hall–Kier alpha value is -2.64. The number of carbonyl (C=O) groups is 1. The summed E-state index contributed by atoms with van der Waals surface area (Å²) >= 11 is 0. The molecule has 1 atom stereocenters. The first-order chi connectivity index (χ1) is 12.0. The van der Waals surface area contributed by atoms with Gasteiger partial charge in [0.2, 0.25) is 0 Å². The van der Waals surface area contributed by atoms with E-state index in [1.54, 1.807) is 12.3 Å². The number of rotatable bonds is 3. The van der Waals surface area contributed by atoms with Crippen LogP contribution in [-0.2, 0) is 0 Å². The van der Waals surface area contributed by atoms with E-state index < -0.39 is 24.8 Å². The minimum Gasteiger partial charge on any atom is -0.291 e. The molecule has 4 rings (SSSR count). The van der Waals surface area contributed by atoms with Crippen molar-refractivity contribution in [3.8, 4) is 0 Å². The third kappa shape index (κ3) is 2.81. The summed E-state index contributed by atoms with van der Waals surface area (Å²) in [6.07, 6.45) is 3.13. The van der Waals surface area contributed by atoms with E-state index in [-0.39, 0.29) is 11.6 Å². The zero-order valence-corrected chi connectivity index (χ0v) is 13.1. The Morgan fingerprint density at radius 1 is 1.04 bits per heavy atom. The van der Waals surface area contributed by atoms with E-state index in [1.807, 2.05) is 0 Å². The molecule has 1 aliphatic carbocycles. The second-order valence-corrected chi connectivity index (χ2v) is 6.23. The lowest BCUT2D eigenvalue weighted by atomic mass is 10.1. The van der Waals surface area contributed by atoms with Crippen LogP contribution < -0.4 is 9.80 Å². The van der Waals surface area contributed by atoms with E-state index in [0.717, 1.165) is 28.2 Å². The molecular formula is C17H15F3N4O. The minimum atomic E-state index is -4.53. The number of aromatic nitrogens is 2. The average Bonchev–Trinajstić information content (AvgIpc) is 3.38. The molecule has 2 aromatic rings. The Morgan fingerprint density at radius 3 is 2.36 bits per heavy atom. The van der Waals surface area contributed by atoms with E-state index >= 15 is 0 Å². The molecule has 25 heavy (non-hydrogen) atoms. The van der Waals surface area contributed by atoms with Gasteiger partial charge in [-0.3, -0.25) is 19.8 Å². The van der Waals surface area contributed by atoms with Gasteiger partial charge < -0.3 is 0 Å². The highest BCUT2D eigenvalue weighted by molar-refractivity contribution is 6.07. The molecule has 1 unspecified atom stereocenters. The lowest BCUT2D eigenvalue weighted by Crippen LogP contribution is -2.44. The number of anilines is 2. The Bertz CT molecular complexity index is 792. The number of hydrogen-bond acceptors (Lipinski definition) is 3. The van der Waals surface area contributed by atoms with Crippen molar-refractivity contribution in [3.05, 3.63) is 48.5 Å². The van der Waals surface area contributed by atoms with Gasteiger partial charge in [0.25, 0.3) is 0 Å². The summed E-state index contributed by atoms with van der Waals surface area (Å²) in [7, 11) is 0. The van der Waals surface area contributed by atoms with Gasteiger partial charge in [-0.2, -0.15) is 13.2 Å². The van der Waals surface area contributed by atoms with Gasteiger partial charge in [-0.1, -0.05) is 0 Å². The Balaban J connectivity index is 1.78. The van der Waals surface area contributed by atoms with Crippen LogP contribution in [0.1, 0.15) is 24.3 Å². The van der Waals surface area contributed by atoms with Crippen molar-refractivity contribution < 1.29 is 18.0 Å². The van der Waals surface area contributed by atoms with E-state index in [0.29, 0.717) is 5.69 Å². The van der Waals surface area contributed by atoms with Crippen LogP contribution in [0.4, 0.5) is 29.3 Å². The van der Waals surface area contributed by atoms with Gasteiger partial charge >= 0.3 is 12.2 Å². The SMILES string of the molecule is O=C1N(c2ccncc2)CC(C(F)(F)F)N1c1cnccc1C1CC1. The maximum atomic E-state index is 13.7. The van der Waals surface area contributed by atoms with Crippen LogP contribution >= 0.6 is 0 Å². The maximum absolute atomic E-state index is 13.7. The van der Waals surface area contributed by atoms with Gasteiger partial charge in [0, 0.05) is 24.3 Å². The molecule has 0 aromatic carbocycles. The topological polar surface area (TPSA) is 49.3 Å². The van der Waals surface area contributed by atoms with E-state index in [4.69, 9.17) is 0 Å². The van der Waals surface area contributed by atoms with Crippen LogP contribution in [0.2, 0.25) is 0 Å². The molecule has 3 heterocycles. The fourth-order valence-corrected chi connectivity index (χ4v) is 3.19. The smallest absolute Gasteiger partial charge is 0.291 e. The Labute approximate surface area is 142 Å². The predicted octanol–water partition coefficient (Wildman–Crippen LogP) is 3.73. The standard InChI is InChI=1S/C17H15F3N4O/c18-17(19,20)15-10-23(12-3-6-21-7-4-12)16(25)24(15)14-9-22-8-5-13(14)11-1-2-11/h3-9,11,15H,1-2,10H2. The van der Waals surface area contributed by atoms with Crippen LogP contribution in [0.5, 0.6) is 0 Å².